The molecule has 0 radical (unpaired) electrons. The van der Waals surface area contributed by atoms with Crippen LogP contribution in [0.25, 0.3) is 0 Å². The first-order chi connectivity index (χ1) is 16.3. The predicted octanol–water partition coefficient (Wildman–Crippen LogP) is 12.2. The van der Waals surface area contributed by atoms with E-state index in [1.807, 2.05) is 0 Å². The third-order valence-corrected chi connectivity index (χ3v) is 9.33. The summed E-state index contributed by atoms with van der Waals surface area (Å²) in [7, 11) is 0. The standard InChI is InChI=1S/C14H26.C7H14.2C6H12/c1-3-7-13(8-4-1)11-12-14-9-5-2-6-10-14;1-7-5-3-2-4-6-7;2*1-2-4-6-5-3-1/h13-14H,1-12H2;7H,2-6H2,1H3;2*1-6H2. The second-order valence-electron chi connectivity index (χ2n) is 12.6. The van der Waals surface area contributed by atoms with E-state index in [9.17, 15) is 0 Å². The second kappa shape index (κ2) is 21.3. The van der Waals surface area contributed by atoms with E-state index >= 15 is 0 Å². The minimum atomic E-state index is 1.04. The van der Waals surface area contributed by atoms with Crippen LogP contribution in [0.15, 0.2) is 0 Å². The molecule has 0 amide bonds. The zero-order chi connectivity index (χ0) is 23.2. The Labute approximate surface area is 210 Å². The fourth-order valence-electron chi connectivity index (χ4n) is 6.85. The normalized spacial score (nSPS) is 25.4. The largest absolute Gasteiger partial charge is 0.0625 e. The summed E-state index contributed by atoms with van der Waals surface area (Å²) in [5, 5.41) is 0. The highest BCUT2D eigenvalue weighted by molar-refractivity contribution is 4.71. The van der Waals surface area contributed by atoms with E-state index < -0.39 is 0 Å². The minimum absolute atomic E-state index is 1.04. The van der Waals surface area contributed by atoms with Crippen molar-refractivity contribution in [1.29, 1.82) is 0 Å². The van der Waals surface area contributed by atoms with E-state index in [1.54, 1.807) is 38.5 Å². The van der Waals surface area contributed by atoms with Crippen molar-refractivity contribution in [2.24, 2.45) is 17.8 Å². The summed E-state index contributed by atoms with van der Waals surface area (Å²) < 4.78 is 0. The maximum atomic E-state index is 2.36. The van der Waals surface area contributed by atoms with Gasteiger partial charge in [0.05, 0.1) is 0 Å². The van der Waals surface area contributed by atoms with Gasteiger partial charge in [-0.1, -0.05) is 193 Å². The molecule has 5 fully saturated rings. The van der Waals surface area contributed by atoms with Gasteiger partial charge in [0.25, 0.3) is 0 Å². The van der Waals surface area contributed by atoms with Crippen LogP contribution in [0.1, 0.15) is 193 Å². The van der Waals surface area contributed by atoms with Gasteiger partial charge < -0.3 is 0 Å². The van der Waals surface area contributed by atoms with Crippen LogP contribution in [-0.2, 0) is 0 Å². The van der Waals surface area contributed by atoms with Crippen molar-refractivity contribution in [3.8, 4) is 0 Å². The molecule has 0 saturated heterocycles. The first-order valence-electron chi connectivity index (χ1n) is 16.3. The fourth-order valence-corrected chi connectivity index (χ4v) is 6.85. The molecule has 0 heterocycles. The van der Waals surface area contributed by atoms with E-state index in [2.05, 4.69) is 6.92 Å². The van der Waals surface area contributed by atoms with Crippen LogP contribution in [0.3, 0.4) is 0 Å². The van der Waals surface area contributed by atoms with Crippen LogP contribution in [0.4, 0.5) is 0 Å². The van der Waals surface area contributed by atoms with E-state index in [1.165, 1.54) is 148 Å². The van der Waals surface area contributed by atoms with Gasteiger partial charge in [0.15, 0.2) is 0 Å². The lowest BCUT2D eigenvalue weighted by molar-refractivity contribution is 0.273. The lowest BCUT2D eigenvalue weighted by Gasteiger charge is -2.26. The van der Waals surface area contributed by atoms with Crippen molar-refractivity contribution in [2.75, 3.05) is 0 Å². The predicted molar refractivity (Wildman–Crippen MR) is 150 cm³/mol. The molecule has 5 rings (SSSR count). The lowest BCUT2D eigenvalue weighted by atomic mass is 9.80. The molecule has 5 saturated carbocycles. The molecule has 0 N–H and O–H groups in total. The zero-order valence-corrected chi connectivity index (χ0v) is 23.2. The SMILES string of the molecule is C1CCC(CCC2CCCCC2)CC1.C1CCCCC1.C1CCCCC1.CC1CCCCC1. The Balaban J connectivity index is 0.000000170. The van der Waals surface area contributed by atoms with Crippen LogP contribution in [0, 0.1) is 17.8 Å². The summed E-state index contributed by atoms with van der Waals surface area (Å²) in [5.41, 5.74) is 0. The summed E-state index contributed by atoms with van der Waals surface area (Å²) in [6.07, 6.45) is 43.9. The molecule has 0 heteroatoms. The summed E-state index contributed by atoms with van der Waals surface area (Å²) in [5.74, 6) is 3.27. The monoisotopic (exact) mass is 461 g/mol. The van der Waals surface area contributed by atoms with Gasteiger partial charge in [-0.3, -0.25) is 0 Å². The molecular formula is C33H64. The van der Waals surface area contributed by atoms with Crippen molar-refractivity contribution in [3.05, 3.63) is 0 Å². The van der Waals surface area contributed by atoms with Crippen molar-refractivity contribution in [3.63, 3.8) is 0 Å². The topological polar surface area (TPSA) is 0 Å². The third kappa shape index (κ3) is 17.1. The summed E-state index contributed by atoms with van der Waals surface area (Å²) in [4.78, 5) is 0. The van der Waals surface area contributed by atoms with Crippen LogP contribution in [0.2, 0.25) is 0 Å². The van der Waals surface area contributed by atoms with E-state index in [4.69, 9.17) is 0 Å². The Morgan fingerprint density at radius 1 is 0.303 bits per heavy atom. The first kappa shape index (κ1) is 29.2. The third-order valence-electron chi connectivity index (χ3n) is 9.33. The molecule has 0 bridgehead atoms. The van der Waals surface area contributed by atoms with Crippen molar-refractivity contribution < 1.29 is 0 Å². The van der Waals surface area contributed by atoms with Gasteiger partial charge in [0.1, 0.15) is 0 Å². The highest BCUT2D eigenvalue weighted by Gasteiger charge is 2.17. The van der Waals surface area contributed by atoms with Gasteiger partial charge in [0, 0.05) is 0 Å². The molecule has 0 unspecified atom stereocenters. The van der Waals surface area contributed by atoms with Gasteiger partial charge >= 0.3 is 0 Å². The molecule has 0 aromatic carbocycles. The van der Waals surface area contributed by atoms with E-state index in [0.717, 1.165) is 17.8 Å². The molecule has 0 nitrogen and oxygen atoms in total. The Bertz CT molecular complexity index is 320. The van der Waals surface area contributed by atoms with Crippen LogP contribution in [-0.4, -0.2) is 0 Å². The molecule has 0 aromatic rings. The van der Waals surface area contributed by atoms with Gasteiger partial charge in [0.2, 0.25) is 0 Å². The maximum absolute atomic E-state index is 2.36. The number of rotatable bonds is 3. The molecular weight excluding hydrogens is 396 g/mol. The van der Waals surface area contributed by atoms with Crippen LogP contribution in [0.5, 0.6) is 0 Å². The lowest BCUT2D eigenvalue weighted by Crippen LogP contribution is -2.11. The van der Waals surface area contributed by atoms with Crippen molar-refractivity contribution >= 4 is 0 Å². The molecule has 0 atom stereocenters. The summed E-state index contributed by atoms with van der Waals surface area (Å²) in [6, 6.07) is 0. The van der Waals surface area contributed by atoms with Crippen LogP contribution < -0.4 is 0 Å². The molecule has 0 spiro atoms. The second-order valence-corrected chi connectivity index (χ2v) is 12.6. The number of hydrogen-bond donors (Lipinski definition) is 0. The zero-order valence-electron chi connectivity index (χ0n) is 23.2. The van der Waals surface area contributed by atoms with Crippen LogP contribution >= 0.6 is 0 Å². The Morgan fingerprint density at radius 3 is 0.727 bits per heavy atom. The van der Waals surface area contributed by atoms with Gasteiger partial charge in [-0.25, -0.2) is 0 Å². The van der Waals surface area contributed by atoms with Gasteiger partial charge in [-0.05, 0) is 17.8 Å². The number of hydrogen-bond acceptors (Lipinski definition) is 0. The quantitative estimate of drug-likeness (QED) is 0.392. The molecule has 33 heavy (non-hydrogen) atoms. The molecule has 0 aromatic heterocycles. The Morgan fingerprint density at radius 2 is 0.515 bits per heavy atom. The van der Waals surface area contributed by atoms with Gasteiger partial charge in [-0.2, -0.15) is 0 Å². The molecule has 196 valence electrons. The maximum Gasteiger partial charge on any atom is -0.0414 e. The highest BCUT2D eigenvalue weighted by Crippen LogP contribution is 2.33. The van der Waals surface area contributed by atoms with E-state index in [0.29, 0.717) is 0 Å². The molecule has 0 aliphatic heterocycles. The minimum Gasteiger partial charge on any atom is -0.0625 e. The fraction of sp³-hybridized carbons (Fsp3) is 1.00. The van der Waals surface area contributed by atoms with E-state index in [-0.39, 0.29) is 0 Å². The smallest absolute Gasteiger partial charge is 0.0414 e. The average Bonchev–Trinajstić information content (AvgIpc) is 2.92. The van der Waals surface area contributed by atoms with Crippen molar-refractivity contribution in [2.45, 2.75) is 193 Å². The highest BCUT2D eigenvalue weighted by atomic mass is 14.2. The summed E-state index contributed by atoms with van der Waals surface area (Å²) in [6.45, 7) is 2.36. The summed E-state index contributed by atoms with van der Waals surface area (Å²) >= 11 is 0. The molecule has 5 aliphatic rings. The molecule has 5 aliphatic carbocycles. The Hall–Kier alpha value is 0. The van der Waals surface area contributed by atoms with Crippen molar-refractivity contribution in [1.82, 2.24) is 0 Å². The van der Waals surface area contributed by atoms with Gasteiger partial charge in [-0.15, -0.1) is 0 Å². The average molecular weight is 461 g/mol. The first-order valence-corrected chi connectivity index (χ1v) is 16.3. The Kier molecular flexibility index (Phi) is 18.9.